The Bertz CT molecular complexity index is 1060. The molecule has 2 N–H and O–H groups in total. The van der Waals surface area contributed by atoms with Crippen LogP contribution in [0.25, 0.3) is 0 Å². The van der Waals surface area contributed by atoms with Crippen LogP contribution in [-0.2, 0) is 16.1 Å². The Hall–Kier alpha value is -2.87. The first-order valence-electron chi connectivity index (χ1n) is 11.3. The molecule has 0 saturated carbocycles. The Kier molecular flexibility index (Phi) is 6.47. The molecule has 3 heterocycles. The zero-order valence-corrected chi connectivity index (χ0v) is 20.2. The maximum absolute atomic E-state index is 13.6. The highest BCUT2D eigenvalue weighted by Crippen LogP contribution is 2.56. The number of carbonyl (C=O) groups is 3. The first-order valence-corrected chi connectivity index (χ1v) is 12.2. The van der Waals surface area contributed by atoms with Crippen LogP contribution in [0.15, 0.2) is 48.8 Å². The van der Waals surface area contributed by atoms with E-state index in [1.54, 1.807) is 29.1 Å². The van der Waals surface area contributed by atoms with Gasteiger partial charge in [-0.3, -0.25) is 19.4 Å². The molecule has 8 heteroatoms. The number of thioether (sulfide) groups is 1. The van der Waals surface area contributed by atoms with Crippen molar-refractivity contribution in [1.29, 1.82) is 0 Å². The molecule has 0 spiro atoms. The van der Waals surface area contributed by atoms with Crippen LogP contribution in [0.5, 0.6) is 0 Å². The van der Waals surface area contributed by atoms with E-state index < -0.39 is 16.8 Å². The van der Waals surface area contributed by atoms with Crippen LogP contribution in [0.2, 0.25) is 0 Å². The fourth-order valence-electron chi connectivity index (χ4n) is 4.54. The van der Waals surface area contributed by atoms with Gasteiger partial charge in [-0.1, -0.05) is 38.5 Å². The molecule has 1 aromatic carbocycles. The Labute approximate surface area is 198 Å². The maximum atomic E-state index is 13.6. The van der Waals surface area contributed by atoms with Crippen LogP contribution >= 0.6 is 11.8 Å². The predicted molar refractivity (Wildman–Crippen MR) is 128 cm³/mol. The number of carbonyl (C=O) groups excluding carboxylic acids is 3. The van der Waals surface area contributed by atoms with Gasteiger partial charge in [0, 0.05) is 29.2 Å². The van der Waals surface area contributed by atoms with Gasteiger partial charge in [-0.15, -0.1) is 11.8 Å². The molecule has 0 unspecified atom stereocenters. The lowest BCUT2D eigenvalue weighted by molar-refractivity contribution is -0.133. The summed E-state index contributed by atoms with van der Waals surface area (Å²) in [4.78, 5) is 45.6. The van der Waals surface area contributed by atoms with Gasteiger partial charge in [-0.25, -0.2) is 0 Å². The highest BCUT2D eigenvalue weighted by molar-refractivity contribution is 8.01. The molecule has 0 aliphatic carbocycles. The molecule has 1 saturated heterocycles. The standard InChI is InChI=1S/C25H30N4O3S/c1-5-15(2)19(21(30)27-14-16-10-12-26-13-11-16)28-22(31)20-25(3,4)33-24-18-9-7-6-8-17(18)23(32)29(20)24/h6-13,15,19-20,24H,5,14H2,1-4H3,(H,27,30)(H,28,31)/t15-,19+,20-,24-/m1/s1. The van der Waals surface area contributed by atoms with Gasteiger partial charge in [-0.05, 0) is 49.1 Å². The highest BCUT2D eigenvalue weighted by Gasteiger charge is 2.57. The van der Waals surface area contributed by atoms with E-state index in [9.17, 15) is 14.4 Å². The zero-order valence-electron chi connectivity index (χ0n) is 19.4. The van der Waals surface area contributed by atoms with Gasteiger partial charge < -0.3 is 15.5 Å². The molecule has 3 amide bonds. The van der Waals surface area contributed by atoms with Crippen molar-refractivity contribution in [3.8, 4) is 0 Å². The van der Waals surface area contributed by atoms with E-state index in [0.29, 0.717) is 12.1 Å². The normalized spacial score (nSPS) is 22.3. The summed E-state index contributed by atoms with van der Waals surface area (Å²) in [6.45, 7) is 8.27. The van der Waals surface area contributed by atoms with Crippen molar-refractivity contribution < 1.29 is 14.4 Å². The molecule has 0 bridgehead atoms. The summed E-state index contributed by atoms with van der Waals surface area (Å²) in [6.07, 6.45) is 4.08. The largest absolute Gasteiger partial charge is 0.350 e. The van der Waals surface area contributed by atoms with Crippen LogP contribution in [0.1, 0.15) is 61.0 Å². The van der Waals surface area contributed by atoms with E-state index in [1.165, 1.54) is 0 Å². The Morgan fingerprint density at radius 1 is 1.18 bits per heavy atom. The molecule has 4 rings (SSSR count). The molecule has 1 aromatic heterocycles. The van der Waals surface area contributed by atoms with Crippen LogP contribution in [-0.4, -0.2) is 44.4 Å². The molecule has 1 fully saturated rings. The van der Waals surface area contributed by atoms with Gasteiger partial charge in [0.05, 0.1) is 0 Å². The number of amides is 3. The van der Waals surface area contributed by atoms with E-state index in [2.05, 4.69) is 15.6 Å². The van der Waals surface area contributed by atoms with Crippen LogP contribution in [0.3, 0.4) is 0 Å². The first kappa shape index (κ1) is 23.3. The first-order chi connectivity index (χ1) is 15.7. The molecule has 2 aliphatic rings. The topological polar surface area (TPSA) is 91.4 Å². The predicted octanol–water partition coefficient (Wildman–Crippen LogP) is 3.28. The molecule has 2 aromatic rings. The van der Waals surface area contributed by atoms with Crippen LogP contribution in [0.4, 0.5) is 0 Å². The Balaban J connectivity index is 1.53. The third-order valence-corrected chi connectivity index (χ3v) is 8.09. The third kappa shape index (κ3) is 4.36. The quantitative estimate of drug-likeness (QED) is 0.654. The van der Waals surface area contributed by atoms with E-state index in [1.807, 2.05) is 64.1 Å². The van der Waals surface area contributed by atoms with Gasteiger partial charge in [0.2, 0.25) is 11.8 Å². The molecule has 174 valence electrons. The number of nitrogens with zero attached hydrogens (tertiary/aromatic N) is 2. The van der Waals surface area contributed by atoms with E-state index in [-0.39, 0.29) is 29.0 Å². The van der Waals surface area contributed by atoms with Gasteiger partial charge in [-0.2, -0.15) is 0 Å². The van der Waals surface area contributed by atoms with E-state index in [4.69, 9.17) is 0 Å². The number of pyridine rings is 1. The average Bonchev–Trinajstić information content (AvgIpc) is 3.24. The smallest absolute Gasteiger partial charge is 0.256 e. The van der Waals surface area contributed by atoms with Gasteiger partial charge in [0.25, 0.3) is 5.91 Å². The minimum Gasteiger partial charge on any atom is -0.350 e. The minimum absolute atomic E-state index is 0.0640. The molecular weight excluding hydrogens is 436 g/mol. The van der Waals surface area contributed by atoms with Crippen molar-refractivity contribution in [2.45, 2.75) is 62.9 Å². The van der Waals surface area contributed by atoms with Crippen molar-refractivity contribution in [2.24, 2.45) is 5.92 Å². The lowest BCUT2D eigenvalue weighted by Gasteiger charge is -2.32. The summed E-state index contributed by atoms with van der Waals surface area (Å²) in [5.41, 5.74) is 2.53. The molecule has 2 aliphatic heterocycles. The highest BCUT2D eigenvalue weighted by atomic mass is 32.2. The zero-order chi connectivity index (χ0) is 23.8. The summed E-state index contributed by atoms with van der Waals surface area (Å²) in [7, 11) is 0. The van der Waals surface area contributed by atoms with Crippen molar-refractivity contribution in [3.63, 3.8) is 0 Å². The summed E-state index contributed by atoms with van der Waals surface area (Å²) >= 11 is 1.62. The molecule has 7 nitrogen and oxygen atoms in total. The lowest BCUT2D eigenvalue weighted by Crippen LogP contribution is -2.58. The maximum Gasteiger partial charge on any atom is 0.256 e. The summed E-state index contributed by atoms with van der Waals surface area (Å²) in [6, 6.07) is 9.84. The van der Waals surface area contributed by atoms with Crippen molar-refractivity contribution >= 4 is 29.5 Å². The van der Waals surface area contributed by atoms with Gasteiger partial charge in [0.15, 0.2) is 0 Å². The lowest BCUT2D eigenvalue weighted by atomic mass is 9.95. The van der Waals surface area contributed by atoms with Gasteiger partial charge >= 0.3 is 0 Å². The Morgan fingerprint density at radius 3 is 2.58 bits per heavy atom. The summed E-state index contributed by atoms with van der Waals surface area (Å²) in [5, 5.41) is 5.73. The van der Waals surface area contributed by atoms with E-state index in [0.717, 1.165) is 17.5 Å². The number of aromatic nitrogens is 1. The monoisotopic (exact) mass is 466 g/mol. The average molecular weight is 467 g/mol. The number of nitrogens with one attached hydrogen (secondary N) is 2. The number of hydrogen-bond donors (Lipinski definition) is 2. The van der Waals surface area contributed by atoms with E-state index >= 15 is 0 Å². The van der Waals surface area contributed by atoms with Crippen molar-refractivity contribution in [2.75, 3.05) is 0 Å². The third-order valence-electron chi connectivity index (χ3n) is 6.55. The second-order valence-electron chi connectivity index (χ2n) is 9.22. The number of fused-ring (bicyclic) bond motifs is 3. The molecule has 0 radical (unpaired) electrons. The molecule has 33 heavy (non-hydrogen) atoms. The minimum atomic E-state index is -0.690. The fraction of sp³-hybridized carbons (Fsp3) is 0.440. The Morgan fingerprint density at radius 2 is 1.88 bits per heavy atom. The molecule has 4 atom stereocenters. The fourth-order valence-corrected chi connectivity index (χ4v) is 6.13. The van der Waals surface area contributed by atoms with Crippen molar-refractivity contribution in [1.82, 2.24) is 20.5 Å². The second kappa shape index (κ2) is 9.17. The van der Waals surface area contributed by atoms with Crippen molar-refractivity contribution in [3.05, 3.63) is 65.5 Å². The number of benzene rings is 1. The van der Waals surface area contributed by atoms with Crippen LogP contribution in [0, 0.1) is 5.92 Å². The number of hydrogen-bond acceptors (Lipinski definition) is 5. The summed E-state index contributed by atoms with van der Waals surface area (Å²) < 4.78 is -0.495. The van der Waals surface area contributed by atoms with Gasteiger partial charge in [0.1, 0.15) is 17.5 Å². The van der Waals surface area contributed by atoms with Crippen LogP contribution < -0.4 is 10.6 Å². The SMILES string of the molecule is CC[C@@H](C)[C@H](NC(=O)[C@H]1N2C(=O)c3ccccc3[C@H]2SC1(C)C)C(=O)NCc1ccncc1. The summed E-state index contributed by atoms with van der Waals surface area (Å²) in [5.74, 6) is -0.715. The molecular formula is C25H30N4O3S. The second-order valence-corrected chi connectivity index (χ2v) is 11.0. The number of rotatable bonds is 7.